The number of nitrogens with zero attached hydrogens (tertiary/aromatic N) is 3. The molecule has 1 N–H and O–H groups in total. The third-order valence-electron chi connectivity index (χ3n) is 4.46. The lowest BCUT2D eigenvalue weighted by Crippen LogP contribution is -2.29. The predicted molar refractivity (Wildman–Crippen MR) is 96.9 cm³/mol. The van der Waals surface area contributed by atoms with Crippen molar-refractivity contribution in [2.45, 2.75) is 12.5 Å². The molecule has 0 radical (unpaired) electrons. The van der Waals surface area contributed by atoms with Crippen LogP contribution in [0, 0.1) is 0 Å². The molecule has 0 spiro atoms. The zero-order valence-electron chi connectivity index (χ0n) is 14.9. The number of azo groups is 1. The molecule has 0 aliphatic carbocycles. The van der Waals surface area contributed by atoms with Gasteiger partial charge in [0.25, 0.3) is 0 Å². The molecule has 0 saturated carbocycles. The van der Waals surface area contributed by atoms with Gasteiger partial charge >= 0.3 is 5.97 Å². The highest BCUT2D eigenvalue weighted by Gasteiger charge is 2.35. The summed E-state index contributed by atoms with van der Waals surface area (Å²) in [5.41, 5.74) is 5.26. The van der Waals surface area contributed by atoms with Crippen molar-refractivity contribution in [1.82, 2.24) is 5.59 Å². The van der Waals surface area contributed by atoms with E-state index in [1.807, 2.05) is 36.4 Å². The summed E-state index contributed by atoms with van der Waals surface area (Å²) >= 11 is 0. The second-order valence-corrected chi connectivity index (χ2v) is 6.02. The van der Waals surface area contributed by atoms with Gasteiger partial charge in [-0.3, -0.25) is 0 Å². The van der Waals surface area contributed by atoms with E-state index in [2.05, 4.69) is 15.8 Å². The average molecular weight is 366 g/mol. The topological polar surface area (TPSA) is 84.8 Å². The molecule has 1 atom stereocenters. The van der Waals surface area contributed by atoms with Crippen LogP contribution in [-0.4, -0.2) is 20.2 Å². The van der Waals surface area contributed by atoms with Crippen LogP contribution in [0.5, 0.6) is 11.5 Å². The van der Waals surface area contributed by atoms with Gasteiger partial charge in [-0.2, -0.15) is 10.2 Å². The molecule has 4 rings (SSSR count). The molecule has 8 nitrogen and oxygen atoms in total. The molecule has 1 fully saturated rings. The number of ether oxygens (including phenoxy) is 2. The summed E-state index contributed by atoms with van der Waals surface area (Å²) in [4.78, 5) is 17.3. The second kappa shape index (κ2) is 7.08. The number of rotatable bonds is 4. The number of carbonyl (C=O) groups excluding carboxylic acids is 1. The van der Waals surface area contributed by atoms with Crippen molar-refractivity contribution in [2.24, 2.45) is 10.2 Å². The fraction of sp³-hybridized carbons (Fsp3) is 0.211. The molecule has 2 aliphatic rings. The van der Waals surface area contributed by atoms with Crippen LogP contribution in [0.15, 0.2) is 70.2 Å². The first-order valence-corrected chi connectivity index (χ1v) is 8.38. The normalized spacial score (nSPS) is 21.5. The third-order valence-corrected chi connectivity index (χ3v) is 4.46. The summed E-state index contributed by atoms with van der Waals surface area (Å²) < 4.78 is 10.3. The highest BCUT2D eigenvalue weighted by Crippen LogP contribution is 2.37. The number of methoxy groups -OCH3 is 2. The first-order valence-electron chi connectivity index (χ1n) is 8.38. The van der Waals surface area contributed by atoms with Gasteiger partial charge in [0.1, 0.15) is 17.5 Å². The number of hydrazine groups is 1. The monoisotopic (exact) mass is 366 g/mol. The smallest absolute Gasteiger partial charge is 0.378 e. The van der Waals surface area contributed by atoms with Crippen LogP contribution in [0.2, 0.25) is 0 Å². The summed E-state index contributed by atoms with van der Waals surface area (Å²) in [7, 11) is 3.22. The van der Waals surface area contributed by atoms with Crippen molar-refractivity contribution in [2.75, 3.05) is 19.2 Å². The first-order chi connectivity index (χ1) is 13.2. The summed E-state index contributed by atoms with van der Waals surface area (Å²) in [6.45, 7) is 0. The zero-order chi connectivity index (χ0) is 18.8. The third kappa shape index (κ3) is 3.22. The van der Waals surface area contributed by atoms with Gasteiger partial charge in [-0.25, -0.2) is 9.80 Å². The fourth-order valence-electron chi connectivity index (χ4n) is 2.99. The summed E-state index contributed by atoms with van der Waals surface area (Å²) in [6, 6.07) is 14.8. The van der Waals surface area contributed by atoms with Crippen LogP contribution >= 0.6 is 0 Å². The fourth-order valence-corrected chi connectivity index (χ4v) is 2.99. The molecule has 8 heteroatoms. The molecular formula is C19H18N4O4. The van der Waals surface area contributed by atoms with Gasteiger partial charge in [0, 0.05) is 6.42 Å². The molecule has 138 valence electrons. The Morgan fingerprint density at radius 1 is 1.04 bits per heavy atom. The van der Waals surface area contributed by atoms with Gasteiger partial charge in [0.2, 0.25) is 0 Å². The van der Waals surface area contributed by atoms with E-state index < -0.39 is 5.97 Å². The Hall–Kier alpha value is -3.39. The van der Waals surface area contributed by atoms with Gasteiger partial charge in [0.05, 0.1) is 25.6 Å². The molecular weight excluding hydrogens is 348 g/mol. The molecule has 2 heterocycles. The molecule has 2 aliphatic heterocycles. The van der Waals surface area contributed by atoms with Crippen molar-refractivity contribution in [3.8, 4) is 11.5 Å². The average Bonchev–Trinajstić information content (AvgIpc) is 3.34. The Morgan fingerprint density at radius 2 is 1.67 bits per heavy atom. The van der Waals surface area contributed by atoms with Crippen molar-refractivity contribution in [3.05, 3.63) is 65.5 Å². The minimum atomic E-state index is -0.491. The van der Waals surface area contributed by atoms with Crippen LogP contribution < -0.4 is 20.1 Å². The SMILES string of the molecule is COc1ccc(C2CC(=C3C(=O)ONN3c3ccc(OC)cc3)N=N2)cc1. The summed E-state index contributed by atoms with van der Waals surface area (Å²) in [5.74, 6) is 1.01. The van der Waals surface area contributed by atoms with Crippen LogP contribution in [0.25, 0.3) is 0 Å². The van der Waals surface area contributed by atoms with E-state index in [4.69, 9.17) is 14.3 Å². The molecule has 2 aromatic carbocycles. The zero-order valence-corrected chi connectivity index (χ0v) is 14.9. The molecule has 0 bridgehead atoms. The van der Waals surface area contributed by atoms with Crippen molar-refractivity contribution in [1.29, 1.82) is 0 Å². The van der Waals surface area contributed by atoms with Crippen LogP contribution in [0.4, 0.5) is 5.69 Å². The largest absolute Gasteiger partial charge is 0.497 e. The lowest BCUT2D eigenvalue weighted by molar-refractivity contribution is -0.140. The first kappa shape index (κ1) is 17.0. The van der Waals surface area contributed by atoms with Crippen molar-refractivity contribution >= 4 is 11.7 Å². The van der Waals surface area contributed by atoms with Gasteiger partial charge in [-0.1, -0.05) is 17.7 Å². The Labute approximate surface area is 156 Å². The van der Waals surface area contributed by atoms with Crippen LogP contribution in [0.1, 0.15) is 18.0 Å². The molecule has 0 aromatic heterocycles. The summed E-state index contributed by atoms with van der Waals surface area (Å²) in [5, 5.41) is 10.1. The van der Waals surface area contributed by atoms with E-state index in [-0.39, 0.29) is 6.04 Å². The van der Waals surface area contributed by atoms with E-state index >= 15 is 0 Å². The Kier molecular flexibility index (Phi) is 4.47. The predicted octanol–water partition coefficient (Wildman–Crippen LogP) is 3.30. The molecule has 1 unspecified atom stereocenters. The number of hydrogen-bond donors (Lipinski definition) is 1. The van der Waals surface area contributed by atoms with E-state index in [0.29, 0.717) is 17.8 Å². The molecule has 2 aromatic rings. The number of carbonyl (C=O) groups is 1. The van der Waals surface area contributed by atoms with Gasteiger partial charge < -0.3 is 14.3 Å². The van der Waals surface area contributed by atoms with E-state index in [1.54, 1.807) is 31.4 Å². The lowest BCUT2D eigenvalue weighted by atomic mass is 10.0. The van der Waals surface area contributed by atoms with Crippen molar-refractivity contribution in [3.63, 3.8) is 0 Å². The number of anilines is 1. The van der Waals surface area contributed by atoms with E-state index in [9.17, 15) is 4.79 Å². The lowest BCUT2D eigenvalue weighted by Gasteiger charge is -2.16. The van der Waals surface area contributed by atoms with Gasteiger partial charge in [-0.05, 0) is 42.0 Å². The van der Waals surface area contributed by atoms with Gasteiger partial charge in [0.15, 0.2) is 5.70 Å². The minimum Gasteiger partial charge on any atom is -0.497 e. The molecule has 1 saturated heterocycles. The number of hydrogen-bond acceptors (Lipinski definition) is 8. The highest BCUT2D eigenvalue weighted by atomic mass is 16.7. The quantitative estimate of drug-likeness (QED) is 0.836. The van der Waals surface area contributed by atoms with Crippen molar-refractivity contribution < 1.29 is 19.1 Å². The van der Waals surface area contributed by atoms with E-state index in [0.717, 1.165) is 22.7 Å². The number of benzene rings is 2. The minimum absolute atomic E-state index is 0.149. The second-order valence-electron chi connectivity index (χ2n) is 6.02. The van der Waals surface area contributed by atoms with Crippen LogP contribution in [-0.2, 0) is 9.63 Å². The Morgan fingerprint density at radius 3 is 2.30 bits per heavy atom. The van der Waals surface area contributed by atoms with E-state index in [1.165, 1.54) is 0 Å². The highest BCUT2D eigenvalue weighted by molar-refractivity contribution is 5.95. The van der Waals surface area contributed by atoms with Crippen LogP contribution in [0.3, 0.4) is 0 Å². The maximum Gasteiger partial charge on any atom is 0.378 e. The Balaban J connectivity index is 1.60. The maximum atomic E-state index is 12.3. The van der Waals surface area contributed by atoms with Gasteiger partial charge in [-0.15, -0.1) is 0 Å². The molecule has 0 amide bonds. The summed E-state index contributed by atoms with van der Waals surface area (Å²) in [6.07, 6.45) is 0.505. The standard InChI is InChI=1S/C19H18N4O4/c1-25-14-7-3-12(4-8-14)16-11-17(21-20-16)18-19(24)27-22-23(18)13-5-9-15(26-2)10-6-13/h3-10,16,22H,11H2,1-2H3. The maximum absolute atomic E-state index is 12.3. The number of nitrogens with one attached hydrogen (secondary N) is 1. The molecule has 27 heavy (non-hydrogen) atoms. The Bertz CT molecular complexity index is 906.